The standard InChI is InChI=1S/C6H13NO2.C4H8N2O3/c1-4(2)3-5(7)6(8)9;5-2(4(8)9)1-3(6)7/h4-5H,3,7H2,1-2H3,(H,8,9);2H,1,5H2,(H2,6,7)(H,8,9)/t5-;2-/m01/s1. The van der Waals surface area contributed by atoms with Gasteiger partial charge < -0.3 is 27.4 Å². The molecule has 0 aromatic rings. The minimum absolute atomic E-state index is 0.310. The van der Waals surface area contributed by atoms with Gasteiger partial charge in [-0.15, -0.1) is 0 Å². The lowest BCUT2D eigenvalue weighted by Crippen LogP contribution is -2.34. The Morgan fingerprint density at radius 2 is 1.39 bits per heavy atom. The van der Waals surface area contributed by atoms with Gasteiger partial charge in [-0.3, -0.25) is 14.4 Å². The average Bonchev–Trinajstić information content (AvgIpc) is 2.16. The molecule has 0 unspecified atom stereocenters. The van der Waals surface area contributed by atoms with E-state index in [0.717, 1.165) is 0 Å². The van der Waals surface area contributed by atoms with Crippen molar-refractivity contribution in [2.75, 3.05) is 0 Å². The summed E-state index contributed by atoms with van der Waals surface area (Å²) in [7, 11) is 0. The Bertz CT molecular complexity index is 293. The van der Waals surface area contributed by atoms with Crippen LogP contribution in [-0.2, 0) is 14.4 Å². The van der Waals surface area contributed by atoms with Crippen LogP contribution in [0.4, 0.5) is 0 Å². The molecule has 0 spiro atoms. The smallest absolute Gasteiger partial charge is 0.321 e. The number of hydrogen-bond donors (Lipinski definition) is 5. The van der Waals surface area contributed by atoms with Gasteiger partial charge in [0.25, 0.3) is 0 Å². The van der Waals surface area contributed by atoms with Gasteiger partial charge in [0.1, 0.15) is 12.1 Å². The van der Waals surface area contributed by atoms with Gasteiger partial charge in [0, 0.05) is 0 Å². The van der Waals surface area contributed by atoms with Gasteiger partial charge in [0.05, 0.1) is 6.42 Å². The number of hydrogen-bond acceptors (Lipinski definition) is 5. The summed E-state index contributed by atoms with van der Waals surface area (Å²) < 4.78 is 0. The molecule has 8 nitrogen and oxygen atoms in total. The Labute approximate surface area is 105 Å². The van der Waals surface area contributed by atoms with Crippen LogP contribution >= 0.6 is 0 Å². The fourth-order valence-electron chi connectivity index (χ4n) is 0.913. The summed E-state index contributed by atoms with van der Waals surface area (Å²) in [6, 6.07) is -1.85. The van der Waals surface area contributed by atoms with E-state index < -0.39 is 29.9 Å². The van der Waals surface area contributed by atoms with Crippen molar-refractivity contribution in [3.63, 3.8) is 0 Å². The highest BCUT2D eigenvalue weighted by atomic mass is 16.4. The predicted octanol–water partition coefficient (Wildman–Crippen LogP) is -1.28. The van der Waals surface area contributed by atoms with Crippen molar-refractivity contribution in [1.82, 2.24) is 0 Å². The zero-order valence-corrected chi connectivity index (χ0v) is 10.5. The lowest BCUT2D eigenvalue weighted by atomic mass is 10.1. The molecule has 106 valence electrons. The second-order valence-electron chi connectivity index (χ2n) is 4.19. The highest BCUT2D eigenvalue weighted by Gasteiger charge is 2.13. The number of aliphatic carboxylic acids is 2. The molecule has 1 amide bonds. The molecule has 2 atom stereocenters. The maximum absolute atomic E-state index is 10.1. The Balaban J connectivity index is 0. The molecule has 0 bridgehead atoms. The van der Waals surface area contributed by atoms with Gasteiger partial charge in [-0.05, 0) is 12.3 Å². The number of carbonyl (C=O) groups excluding carboxylic acids is 1. The topological polar surface area (TPSA) is 170 Å². The van der Waals surface area contributed by atoms with E-state index in [0.29, 0.717) is 12.3 Å². The van der Waals surface area contributed by atoms with E-state index >= 15 is 0 Å². The van der Waals surface area contributed by atoms with Gasteiger partial charge in [-0.2, -0.15) is 0 Å². The molecular weight excluding hydrogens is 242 g/mol. The van der Waals surface area contributed by atoms with Gasteiger partial charge in [-0.1, -0.05) is 13.8 Å². The predicted molar refractivity (Wildman–Crippen MR) is 64.5 cm³/mol. The monoisotopic (exact) mass is 263 g/mol. The van der Waals surface area contributed by atoms with Crippen molar-refractivity contribution in [3.05, 3.63) is 0 Å². The van der Waals surface area contributed by atoms with Crippen molar-refractivity contribution in [2.45, 2.75) is 38.8 Å². The van der Waals surface area contributed by atoms with Crippen molar-refractivity contribution >= 4 is 17.8 Å². The van der Waals surface area contributed by atoms with Crippen LogP contribution < -0.4 is 17.2 Å². The molecule has 0 fully saturated rings. The molecule has 0 saturated carbocycles. The second-order valence-corrected chi connectivity index (χ2v) is 4.19. The summed E-state index contributed by atoms with van der Waals surface area (Å²) in [5.41, 5.74) is 14.8. The summed E-state index contributed by atoms with van der Waals surface area (Å²) in [5, 5.41) is 16.4. The van der Waals surface area contributed by atoms with Crippen LogP contribution in [0.5, 0.6) is 0 Å². The molecular formula is C10H21N3O5. The lowest BCUT2D eigenvalue weighted by molar-refractivity contribution is -0.140. The van der Waals surface area contributed by atoms with E-state index in [9.17, 15) is 14.4 Å². The average molecular weight is 263 g/mol. The van der Waals surface area contributed by atoms with Crippen molar-refractivity contribution in [2.24, 2.45) is 23.1 Å². The summed E-state index contributed by atoms with van der Waals surface area (Å²) >= 11 is 0. The SMILES string of the molecule is CC(C)C[C@H](N)C(=O)O.NC(=O)C[C@@H](N)C(=O)O. The summed E-state index contributed by atoms with van der Waals surface area (Å²) in [6.45, 7) is 3.89. The maximum atomic E-state index is 10.1. The Hall–Kier alpha value is -1.67. The molecule has 18 heavy (non-hydrogen) atoms. The van der Waals surface area contributed by atoms with E-state index in [2.05, 4.69) is 5.73 Å². The van der Waals surface area contributed by atoms with Crippen LogP contribution in [0.2, 0.25) is 0 Å². The Morgan fingerprint density at radius 1 is 1.00 bits per heavy atom. The third kappa shape index (κ3) is 12.4. The fourth-order valence-corrected chi connectivity index (χ4v) is 0.913. The molecule has 0 radical (unpaired) electrons. The number of nitrogens with two attached hydrogens (primary N) is 3. The fraction of sp³-hybridized carbons (Fsp3) is 0.700. The van der Waals surface area contributed by atoms with Gasteiger partial charge in [-0.25, -0.2) is 0 Å². The third-order valence-electron chi connectivity index (χ3n) is 1.78. The zero-order valence-electron chi connectivity index (χ0n) is 10.5. The van der Waals surface area contributed by atoms with E-state index in [1.54, 1.807) is 0 Å². The summed E-state index contributed by atoms with van der Waals surface area (Å²) in [5.74, 6) is -2.47. The highest BCUT2D eigenvalue weighted by molar-refractivity contribution is 5.83. The number of carboxylic acid groups (broad SMARTS) is 2. The first-order chi connectivity index (χ1) is 8.07. The first-order valence-electron chi connectivity index (χ1n) is 5.33. The first-order valence-corrected chi connectivity index (χ1v) is 5.33. The number of amides is 1. The second kappa shape index (κ2) is 9.37. The number of carbonyl (C=O) groups is 3. The molecule has 0 aromatic heterocycles. The van der Waals surface area contributed by atoms with Crippen molar-refractivity contribution < 1.29 is 24.6 Å². The quantitative estimate of drug-likeness (QED) is 0.397. The van der Waals surface area contributed by atoms with Crippen molar-refractivity contribution in [3.8, 4) is 0 Å². The number of carboxylic acids is 2. The molecule has 0 heterocycles. The zero-order chi connectivity index (χ0) is 14.9. The third-order valence-corrected chi connectivity index (χ3v) is 1.78. The first kappa shape index (κ1) is 18.7. The van der Waals surface area contributed by atoms with Crippen LogP contribution in [-0.4, -0.2) is 40.1 Å². The largest absolute Gasteiger partial charge is 0.480 e. The Kier molecular flexibility index (Phi) is 9.73. The van der Waals surface area contributed by atoms with Gasteiger partial charge >= 0.3 is 11.9 Å². The molecule has 0 saturated heterocycles. The molecule has 8 N–H and O–H groups in total. The van der Waals surface area contributed by atoms with Gasteiger partial charge in [0.15, 0.2) is 0 Å². The van der Waals surface area contributed by atoms with Crippen LogP contribution in [0.25, 0.3) is 0 Å². The molecule has 0 aliphatic carbocycles. The minimum Gasteiger partial charge on any atom is -0.480 e. The Morgan fingerprint density at radius 3 is 1.50 bits per heavy atom. The van der Waals surface area contributed by atoms with Gasteiger partial charge in [0.2, 0.25) is 5.91 Å². The van der Waals surface area contributed by atoms with Crippen LogP contribution in [0.15, 0.2) is 0 Å². The van der Waals surface area contributed by atoms with Crippen LogP contribution in [0.1, 0.15) is 26.7 Å². The van der Waals surface area contributed by atoms with Crippen molar-refractivity contribution in [1.29, 1.82) is 0 Å². The maximum Gasteiger partial charge on any atom is 0.321 e. The molecule has 0 rings (SSSR count). The van der Waals surface area contributed by atoms with E-state index in [4.69, 9.17) is 21.7 Å². The normalized spacial score (nSPS) is 13.2. The van der Waals surface area contributed by atoms with E-state index in [1.807, 2.05) is 13.8 Å². The van der Waals surface area contributed by atoms with Crippen LogP contribution in [0.3, 0.4) is 0 Å². The van der Waals surface area contributed by atoms with E-state index in [1.165, 1.54) is 0 Å². The molecule has 8 heteroatoms. The van der Waals surface area contributed by atoms with Crippen LogP contribution in [0, 0.1) is 5.92 Å². The molecule has 0 aliphatic heterocycles. The lowest BCUT2D eigenvalue weighted by Gasteiger charge is -2.07. The molecule has 0 aliphatic rings. The summed E-state index contributed by atoms with van der Waals surface area (Å²) in [4.78, 5) is 30.0. The highest BCUT2D eigenvalue weighted by Crippen LogP contribution is 2.01. The van der Waals surface area contributed by atoms with E-state index in [-0.39, 0.29) is 6.42 Å². The minimum atomic E-state index is -1.21. The number of rotatable bonds is 6. The molecule has 0 aromatic carbocycles. The summed E-state index contributed by atoms with van der Waals surface area (Å²) in [6.07, 6.45) is 0.241. The number of primary amides is 1.